The van der Waals surface area contributed by atoms with Crippen LogP contribution in [0.25, 0.3) is 0 Å². The molecule has 0 amide bonds. The van der Waals surface area contributed by atoms with Gasteiger partial charge in [-0.2, -0.15) is 10.4 Å². The fourth-order valence-corrected chi connectivity index (χ4v) is 1.61. The molecule has 1 N–H and O–H groups in total. The second-order valence-electron chi connectivity index (χ2n) is 3.36. The van der Waals surface area contributed by atoms with Gasteiger partial charge < -0.3 is 10.2 Å². The Labute approximate surface area is 95.1 Å². The summed E-state index contributed by atoms with van der Waals surface area (Å²) in [6.45, 7) is 3.89. The van der Waals surface area contributed by atoms with Crippen molar-refractivity contribution in [1.82, 2.24) is 15.1 Å². The van der Waals surface area contributed by atoms with Gasteiger partial charge >= 0.3 is 0 Å². The molecular weight excluding hydrogens is 214 g/mol. The van der Waals surface area contributed by atoms with Crippen LogP contribution in [-0.4, -0.2) is 36.0 Å². The Kier molecular flexibility index (Phi) is 3.95. The number of hydrogen-bond acceptors (Lipinski definition) is 4. The number of anilines is 1. The van der Waals surface area contributed by atoms with Gasteiger partial charge in [0.2, 0.25) is 0 Å². The van der Waals surface area contributed by atoms with E-state index in [1.165, 1.54) is 0 Å². The van der Waals surface area contributed by atoms with Crippen molar-refractivity contribution in [2.45, 2.75) is 0 Å². The summed E-state index contributed by atoms with van der Waals surface area (Å²) >= 11 is 0. The van der Waals surface area contributed by atoms with E-state index in [0.717, 1.165) is 32.0 Å². The first kappa shape index (κ1) is 11.8. The molecule has 0 aromatic carbocycles. The minimum Gasteiger partial charge on any atom is -0.353 e. The van der Waals surface area contributed by atoms with Crippen LogP contribution in [0.1, 0.15) is 5.69 Å². The molecule has 0 unspecified atom stereocenters. The van der Waals surface area contributed by atoms with Gasteiger partial charge in [-0.25, -0.2) is 0 Å². The molecule has 5 nitrogen and oxygen atoms in total. The predicted molar refractivity (Wildman–Crippen MR) is 60.3 cm³/mol. The van der Waals surface area contributed by atoms with Crippen molar-refractivity contribution in [2.24, 2.45) is 7.05 Å². The van der Waals surface area contributed by atoms with Crippen LogP contribution in [0.5, 0.6) is 0 Å². The number of aryl methyl sites for hydroxylation is 1. The van der Waals surface area contributed by atoms with E-state index in [1.54, 1.807) is 11.7 Å². The van der Waals surface area contributed by atoms with E-state index in [9.17, 15) is 0 Å². The van der Waals surface area contributed by atoms with Crippen LogP contribution in [0.3, 0.4) is 0 Å². The quantitative estimate of drug-likeness (QED) is 0.741. The monoisotopic (exact) mass is 227 g/mol. The molecule has 0 radical (unpaired) electrons. The Morgan fingerprint density at radius 2 is 2.13 bits per heavy atom. The summed E-state index contributed by atoms with van der Waals surface area (Å²) in [6.07, 6.45) is 0. The van der Waals surface area contributed by atoms with E-state index < -0.39 is 0 Å². The standard InChI is InChI=1S/C9H13N5.ClH/c1-13-8(7-10)6-9(12-13)14-4-2-11-3-5-14;/h6,11H,2-5H2,1H3;1H. The van der Waals surface area contributed by atoms with Gasteiger partial charge in [0, 0.05) is 39.3 Å². The van der Waals surface area contributed by atoms with Crippen LogP contribution < -0.4 is 10.2 Å². The van der Waals surface area contributed by atoms with Crippen molar-refractivity contribution in [3.8, 4) is 6.07 Å². The first-order chi connectivity index (χ1) is 6.81. The maximum Gasteiger partial charge on any atom is 0.152 e. The average molecular weight is 228 g/mol. The lowest BCUT2D eigenvalue weighted by molar-refractivity contribution is 0.581. The van der Waals surface area contributed by atoms with Crippen LogP contribution in [0, 0.1) is 11.3 Å². The maximum atomic E-state index is 8.79. The van der Waals surface area contributed by atoms with E-state index in [-0.39, 0.29) is 12.4 Å². The highest BCUT2D eigenvalue weighted by molar-refractivity contribution is 5.85. The van der Waals surface area contributed by atoms with Gasteiger partial charge in [-0.1, -0.05) is 0 Å². The van der Waals surface area contributed by atoms with Crippen LogP contribution in [0.15, 0.2) is 6.07 Å². The molecule has 0 aliphatic carbocycles. The average Bonchev–Trinajstić information content (AvgIpc) is 2.61. The largest absolute Gasteiger partial charge is 0.353 e. The number of nitrogens with one attached hydrogen (secondary N) is 1. The molecule has 82 valence electrons. The molecule has 1 aliphatic rings. The number of aromatic nitrogens is 2. The third-order valence-corrected chi connectivity index (χ3v) is 2.42. The van der Waals surface area contributed by atoms with Crippen LogP contribution >= 0.6 is 12.4 Å². The summed E-state index contributed by atoms with van der Waals surface area (Å²) in [5.41, 5.74) is 0.610. The fraction of sp³-hybridized carbons (Fsp3) is 0.556. The number of nitrogens with zero attached hydrogens (tertiary/aromatic N) is 4. The van der Waals surface area contributed by atoms with Crippen LogP contribution in [0.4, 0.5) is 5.82 Å². The zero-order chi connectivity index (χ0) is 9.97. The highest BCUT2D eigenvalue weighted by Crippen LogP contribution is 2.13. The number of rotatable bonds is 1. The Morgan fingerprint density at radius 3 is 2.67 bits per heavy atom. The summed E-state index contributed by atoms with van der Waals surface area (Å²) in [5.74, 6) is 0.908. The Hall–Kier alpha value is -1.25. The van der Waals surface area contributed by atoms with Crippen molar-refractivity contribution in [3.05, 3.63) is 11.8 Å². The van der Waals surface area contributed by atoms with E-state index in [4.69, 9.17) is 5.26 Å². The topological polar surface area (TPSA) is 56.9 Å². The number of piperazine rings is 1. The molecule has 0 atom stereocenters. The number of halogens is 1. The molecule has 1 aromatic heterocycles. The second-order valence-corrected chi connectivity index (χ2v) is 3.36. The van der Waals surface area contributed by atoms with Gasteiger partial charge in [0.15, 0.2) is 5.82 Å². The molecule has 1 aromatic rings. The smallest absolute Gasteiger partial charge is 0.152 e. The van der Waals surface area contributed by atoms with Crippen molar-refractivity contribution in [2.75, 3.05) is 31.1 Å². The number of nitriles is 1. The Balaban J connectivity index is 0.00000112. The zero-order valence-electron chi connectivity index (χ0n) is 8.60. The second kappa shape index (κ2) is 5.01. The first-order valence-corrected chi connectivity index (χ1v) is 4.71. The normalized spacial score (nSPS) is 15.6. The lowest BCUT2D eigenvalue weighted by Crippen LogP contribution is -2.43. The van der Waals surface area contributed by atoms with Gasteiger partial charge in [-0.15, -0.1) is 12.4 Å². The molecule has 0 spiro atoms. The van der Waals surface area contributed by atoms with Crippen molar-refractivity contribution >= 4 is 18.2 Å². The Morgan fingerprint density at radius 1 is 1.47 bits per heavy atom. The molecule has 0 bridgehead atoms. The molecule has 2 rings (SSSR count). The van der Waals surface area contributed by atoms with Gasteiger partial charge in [0.25, 0.3) is 0 Å². The lowest BCUT2D eigenvalue weighted by atomic mass is 10.3. The molecule has 1 saturated heterocycles. The minimum atomic E-state index is 0. The van der Waals surface area contributed by atoms with Crippen molar-refractivity contribution < 1.29 is 0 Å². The van der Waals surface area contributed by atoms with E-state index in [1.807, 2.05) is 6.07 Å². The fourth-order valence-electron chi connectivity index (χ4n) is 1.61. The highest BCUT2D eigenvalue weighted by Gasteiger charge is 2.14. The van der Waals surface area contributed by atoms with Gasteiger partial charge in [0.1, 0.15) is 11.8 Å². The third-order valence-electron chi connectivity index (χ3n) is 2.42. The summed E-state index contributed by atoms with van der Waals surface area (Å²) in [5, 5.41) is 16.4. The molecule has 1 fully saturated rings. The highest BCUT2D eigenvalue weighted by atomic mass is 35.5. The zero-order valence-corrected chi connectivity index (χ0v) is 9.42. The molecule has 15 heavy (non-hydrogen) atoms. The molecule has 2 heterocycles. The van der Waals surface area contributed by atoms with Crippen LogP contribution in [-0.2, 0) is 7.05 Å². The SMILES string of the molecule is Cl.Cn1nc(N2CCNCC2)cc1C#N. The molecule has 1 aliphatic heterocycles. The predicted octanol–water partition coefficient (Wildman–Crippen LogP) is 0.123. The first-order valence-electron chi connectivity index (χ1n) is 4.71. The van der Waals surface area contributed by atoms with E-state index in [0.29, 0.717) is 5.69 Å². The minimum absolute atomic E-state index is 0. The molecule has 0 saturated carbocycles. The van der Waals surface area contributed by atoms with Gasteiger partial charge in [-0.05, 0) is 0 Å². The molecular formula is C9H14ClN5. The maximum absolute atomic E-state index is 8.79. The van der Waals surface area contributed by atoms with E-state index in [2.05, 4.69) is 21.4 Å². The van der Waals surface area contributed by atoms with Crippen LogP contribution in [0.2, 0.25) is 0 Å². The Bertz CT molecular complexity index is 361. The summed E-state index contributed by atoms with van der Waals surface area (Å²) in [7, 11) is 1.80. The van der Waals surface area contributed by atoms with Crippen molar-refractivity contribution in [1.29, 1.82) is 5.26 Å². The third kappa shape index (κ3) is 2.41. The van der Waals surface area contributed by atoms with E-state index >= 15 is 0 Å². The van der Waals surface area contributed by atoms with Gasteiger partial charge in [0.05, 0.1) is 0 Å². The summed E-state index contributed by atoms with van der Waals surface area (Å²) in [4.78, 5) is 2.19. The van der Waals surface area contributed by atoms with Gasteiger partial charge in [-0.3, -0.25) is 4.68 Å². The van der Waals surface area contributed by atoms with Crippen molar-refractivity contribution in [3.63, 3.8) is 0 Å². The summed E-state index contributed by atoms with van der Waals surface area (Å²) in [6, 6.07) is 3.95. The summed E-state index contributed by atoms with van der Waals surface area (Å²) < 4.78 is 1.62. The lowest BCUT2D eigenvalue weighted by Gasteiger charge is -2.26. The number of hydrogen-bond donors (Lipinski definition) is 1. The molecule has 6 heteroatoms.